The highest BCUT2D eigenvalue weighted by molar-refractivity contribution is 5.81. The highest BCUT2D eigenvalue weighted by Crippen LogP contribution is 2.22. The molecule has 0 aliphatic heterocycles. The lowest BCUT2D eigenvalue weighted by atomic mass is 9.87. The molecule has 0 aliphatic carbocycles. The second kappa shape index (κ2) is 6.71. The SMILES string of the molecule is C=CCC(N)C(=O)N(C)Cc1ccc(C(C)(C)C)cc1. The van der Waals surface area contributed by atoms with E-state index in [1.807, 2.05) is 0 Å². The molecule has 0 saturated heterocycles. The lowest BCUT2D eigenvalue weighted by molar-refractivity contribution is -0.131. The molecule has 1 unspecified atom stereocenters. The first-order valence-corrected chi connectivity index (χ1v) is 6.96. The molecule has 110 valence electrons. The summed E-state index contributed by atoms with van der Waals surface area (Å²) in [6.07, 6.45) is 2.18. The van der Waals surface area contributed by atoms with Crippen molar-refractivity contribution in [1.29, 1.82) is 0 Å². The number of nitrogens with zero attached hydrogens (tertiary/aromatic N) is 1. The average molecular weight is 274 g/mol. The maximum Gasteiger partial charge on any atom is 0.239 e. The number of carbonyl (C=O) groups is 1. The van der Waals surface area contributed by atoms with Crippen LogP contribution in [-0.4, -0.2) is 23.9 Å². The molecule has 1 aromatic carbocycles. The van der Waals surface area contributed by atoms with E-state index in [4.69, 9.17) is 5.73 Å². The first kappa shape index (κ1) is 16.4. The van der Waals surface area contributed by atoms with Crippen molar-refractivity contribution in [3.8, 4) is 0 Å². The summed E-state index contributed by atoms with van der Waals surface area (Å²) in [6.45, 7) is 10.7. The van der Waals surface area contributed by atoms with Crippen molar-refractivity contribution >= 4 is 5.91 Å². The highest BCUT2D eigenvalue weighted by atomic mass is 16.2. The third kappa shape index (κ3) is 4.49. The standard InChI is InChI=1S/C17H26N2O/c1-6-7-15(18)16(20)19(5)12-13-8-10-14(11-9-13)17(2,3)4/h6,8-11,15H,1,7,12,18H2,2-5H3. The van der Waals surface area contributed by atoms with Gasteiger partial charge in [-0.3, -0.25) is 4.79 Å². The molecule has 0 radical (unpaired) electrons. The molecule has 20 heavy (non-hydrogen) atoms. The smallest absolute Gasteiger partial charge is 0.239 e. The minimum absolute atomic E-state index is 0.0511. The molecular weight excluding hydrogens is 248 g/mol. The van der Waals surface area contributed by atoms with E-state index in [0.717, 1.165) is 5.56 Å². The molecule has 0 spiro atoms. The Hall–Kier alpha value is -1.61. The predicted molar refractivity (Wildman–Crippen MR) is 84.4 cm³/mol. The summed E-state index contributed by atoms with van der Waals surface area (Å²) < 4.78 is 0. The van der Waals surface area contributed by atoms with Gasteiger partial charge in [-0.1, -0.05) is 51.1 Å². The van der Waals surface area contributed by atoms with Crippen LogP contribution in [0.15, 0.2) is 36.9 Å². The summed E-state index contributed by atoms with van der Waals surface area (Å²) in [5.74, 6) is -0.0511. The number of amides is 1. The molecule has 1 rings (SSSR count). The maximum absolute atomic E-state index is 12.0. The normalized spacial score (nSPS) is 12.8. The molecule has 1 amide bonds. The fourth-order valence-electron chi connectivity index (χ4n) is 2.03. The van der Waals surface area contributed by atoms with Crippen LogP contribution in [0.3, 0.4) is 0 Å². The summed E-state index contributed by atoms with van der Waals surface area (Å²) in [7, 11) is 1.78. The third-order valence-corrected chi connectivity index (χ3v) is 3.35. The fourth-order valence-corrected chi connectivity index (χ4v) is 2.03. The molecule has 0 fully saturated rings. The van der Waals surface area contributed by atoms with E-state index in [1.165, 1.54) is 5.56 Å². The molecule has 0 heterocycles. The Morgan fingerprint density at radius 2 is 1.90 bits per heavy atom. The van der Waals surface area contributed by atoms with Gasteiger partial charge in [0.2, 0.25) is 5.91 Å². The summed E-state index contributed by atoms with van der Waals surface area (Å²) in [6, 6.07) is 7.90. The predicted octanol–water partition coefficient (Wildman–Crippen LogP) is 2.85. The van der Waals surface area contributed by atoms with Crippen molar-refractivity contribution in [3.05, 3.63) is 48.0 Å². The van der Waals surface area contributed by atoms with Crippen LogP contribution in [0.2, 0.25) is 0 Å². The quantitative estimate of drug-likeness (QED) is 0.839. The van der Waals surface area contributed by atoms with Crippen molar-refractivity contribution in [3.63, 3.8) is 0 Å². The van der Waals surface area contributed by atoms with E-state index < -0.39 is 6.04 Å². The van der Waals surface area contributed by atoms with Gasteiger partial charge >= 0.3 is 0 Å². The zero-order valence-electron chi connectivity index (χ0n) is 13.0. The van der Waals surface area contributed by atoms with Crippen molar-refractivity contribution in [2.24, 2.45) is 5.73 Å². The van der Waals surface area contributed by atoms with Crippen LogP contribution in [0.4, 0.5) is 0 Å². The second-order valence-electron chi connectivity index (χ2n) is 6.27. The Bertz CT molecular complexity index is 457. The topological polar surface area (TPSA) is 46.3 Å². The van der Waals surface area contributed by atoms with Crippen molar-refractivity contribution in [2.45, 2.75) is 45.2 Å². The van der Waals surface area contributed by atoms with Gasteiger partial charge in [-0.05, 0) is 23.0 Å². The minimum atomic E-state index is -0.494. The summed E-state index contributed by atoms with van der Waals surface area (Å²) in [4.78, 5) is 13.7. The van der Waals surface area contributed by atoms with Crippen molar-refractivity contribution in [2.75, 3.05) is 7.05 Å². The molecule has 1 aromatic rings. The van der Waals surface area contributed by atoms with Gasteiger partial charge in [-0.15, -0.1) is 6.58 Å². The molecule has 0 aliphatic rings. The van der Waals surface area contributed by atoms with Gasteiger partial charge in [0.05, 0.1) is 6.04 Å². The molecule has 3 heteroatoms. The third-order valence-electron chi connectivity index (χ3n) is 3.35. The zero-order chi connectivity index (χ0) is 15.3. The van der Waals surface area contributed by atoms with E-state index in [9.17, 15) is 4.79 Å². The van der Waals surface area contributed by atoms with Gasteiger partial charge < -0.3 is 10.6 Å². The second-order valence-corrected chi connectivity index (χ2v) is 6.27. The van der Waals surface area contributed by atoms with Crippen molar-refractivity contribution < 1.29 is 4.79 Å². The van der Waals surface area contributed by atoms with Gasteiger partial charge in [-0.2, -0.15) is 0 Å². The minimum Gasteiger partial charge on any atom is -0.340 e. The number of nitrogens with two attached hydrogens (primary N) is 1. The van der Waals surface area contributed by atoms with Crippen LogP contribution >= 0.6 is 0 Å². The number of hydrogen-bond acceptors (Lipinski definition) is 2. The Morgan fingerprint density at radius 1 is 1.35 bits per heavy atom. The van der Waals surface area contributed by atoms with Crippen LogP contribution in [0, 0.1) is 0 Å². The van der Waals surface area contributed by atoms with Crippen LogP contribution in [0.5, 0.6) is 0 Å². The van der Waals surface area contributed by atoms with Gasteiger partial charge in [-0.25, -0.2) is 0 Å². The van der Waals surface area contributed by atoms with E-state index in [0.29, 0.717) is 13.0 Å². The largest absolute Gasteiger partial charge is 0.340 e. The number of benzene rings is 1. The van der Waals surface area contributed by atoms with E-state index in [1.54, 1.807) is 18.0 Å². The number of carbonyl (C=O) groups excluding carboxylic acids is 1. The molecule has 0 bridgehead atoms. The number of hydrogen-bond donors (Lipinski definition) is 1. The summed E-state index contributed by atoms with van der Waals surface area (Å²) >= 11 is 0. The van der Waals surface area contributed by atoms with Gasteiger partial charge in [0.15, 0.2) is 0 Å². The lowest BCUT2D eigenvalue weighted by Crippen LogP contribution is -2.41. The van der Waals surface area contributed by atoms with E-state index in [-0.39, 0.29) is 11.3 Å². The maximum atomic E-state index is 12.0. The van der Waals surface area contributed by atoms with Gasteiger partial charge in [0.1, 0.15) is 0 Å². The zero-order valence-corrected chi connectivity index (χ0v) is 13.0. The number of likely N-dealkylation sites (N-methyl/N-ethyl adjacent to an activating group) is 1. The first-order chi connectivity index (χ1) is 9.25. The van der Waals surface area contributed by atoms with Crippen LogP contribution in [0.1, 0.15) is 38.3 Å². The van der Waals surface area contributed by atoms with Crippen LogP contribution in [0.25, 0.3) is 0 Å². The molecule has 0 saturated carbocycles. The van der Waals surface area contributed by atoms with Crippen LogP contribution < -0.4 is 5.73 Å². The van der Waals surface area contributed by atoms with E-state index >= 15 is 0 Å². The fraction of sp³-hybridized carbons (Fsp3) is 0.471. The molecule has 0 aromatic heterocycles. The van der Waals surface area contributed by atoms with Crippen LogP contribution in [-0.2, 0) is 16.8 Å². The Kier molecular flexibility index (Phi) is 5.52. The summed E-state index contributed by atoms with van der Waals surface area (Å²) in [5.41, 5.74) is 8.35. The molecule has 3 nitrogen and oxygen atoms in total. The Balaban J connectivity index is 2.69. The van der Waals surface area contributed by atoms with Gasteiger partial charge in [0, 0.05) is 13.6 Å². The Labute approximate surface area is 122 Å². The molecule has 1 atom stereocenters. The van der Waals surface area contributed by atoms with Crippen molar-refractivity contribution in [1.82, 2.24) is 4.90 Å². The Morgan fingerprint density at radius 3 is 2.35 bits per heavy atom. The average Bonchev–Trinajstić information content (AvgIpc) is 2.37. The van der Waals surface area contributed by atoms with E-state index in [2.05, 4.69) is 51.6 Å². The number of rotatable bonds is 5. The molecule has 2 N–H and O–H groups in total. The molecular formula is C17H26N2O. The first-order valence-electron chi connectivity index (χ1n) is 6.96. The lowest BCUT2D eigenvalue weighted by Gasteiger charge is -2.22. The van der Waals surface area contributed by atoms with Gasteiger partial charge in [0.25, 0.3) is 0 Å². The summed E-state index contributed by atoms with van der Waals surface area (Å²) in [5, 5.41) is 0. The monoisotopic (exact) mass is 274 g/mol. The highest BCUT2D eigenvalue weighted by Gasteiger charge is 2.17.